The first kappa shape index (κ1) is 19.3. The predicted molar refractivity (Wildman–Crippen MR) is 114 cm³/mol. The fourth-order valence-electron chi connectivity index (χ4n) is 2.81. The van der Waals surface area contributed by atoms with Crippen LogP contribution in [0.15, 0.2) is 58.7 Å². The molecule has 0 radical (unpaired) electrons. The molecule has 2 heterocycles. The third-order valence-electron chi connectivity index (χ3n) is 4.33. The van der Waals surface area contributed by atoms with Crippen LogP contribution >= 0.6 is 46.6 Å². The summed E-state index contributed by atoms with van der Waals surface area (Å²) in [6.07, 6.45) is 3.45. The predicted octanol–water partition coefficient (Wildman–Crippen LogP) is 5.44. The Morgan fingerprint density at radius 2 is 1.75 bits per heavy atom. The lowest BCUT2D eigenvalue weighted by Gasteiger charge is -2.10. The van der Waals surface area contributed by atoms with Gasteiger partial charge in [-0.2, -0.15) is 0 Å². The van der Waals surface area contributed by atoms with E-state index in [1.165, 1.54) is 16.3 Å². The van der Waals surface area contributed by atoms with Gasteiger partial charge in [-0.3, -0.25) is 13.8 Å². The Morgan fingerprint density at radius 1 is 1.00 bits per heavy atom. The highest BCUT2D eigenvalue weighted by Gasteiger charge is 2.14. The van der Waals surface area contributed by atoms with Gasteiger partial charge in [-0.05, 0) is 36.2 Å². The van der Waals surface area contributed by atoms with Gasteiger partial charge in [0, 0.05) is 23.2 Å². The number of fused-ring (bicyclic) bond motifs is 1. The van der Waals surface area contributed by atoms with E-state index in [0.717, 1.165) is 11.1 Å². The molecule has 0 amide bonds. The Kier molecular flexibility index (Phi) is 5.38. The summed E-state index contributed by atoms with van der Waals surface area (Å²) in [6, 6.07) is 10.9. The van der Waals surface area contributed by atoms with Gasteiger partial charge in [0.15, 0.2) is 5.16 Å². The number of hydrogen-bond donors (Lipinski definition) is 0. The summed E-state index contributed by atoms with van der Waals surface area (Å²) < 4.78 is 3.19. The summed E-state index contributed by atoms with van der Waals surface area (Å²) in [5.74, 6) is 0.552. The van der Waals surface area contributed by atoms with E-state index in [1.807, 2.05) is 25.1 Å². The smallest absolute Gasteiger partial charge is 0.279 e. The van der Waals surface area contributed by atoms with Crippen LogP contribution in [0, 0.1) is 6.92 Å². The first-order valence-electron chi connectivity index (χ1n) is 8.25. The highest BCUT2D eigenvalue weighted by Crippen LogP contribution is 2.30. The van der Waals surface area contributed by atoms with Crippen LogP contribution in [0.1, 0.15) is 11.1 Å². The fourth-order valence-corrected chi connectivity index (χ4v) is 4.36. The second-order valence-corrected chi connectivity index (χ2v) is 8.17. The van der Waals surface area contributed by atoms with Gasteiger partial charge in [0.1, 0.15) is 0 Å². The van der Waals surface area contributed by atoms with Crippen molar-refractivity contribution in [1.29, 1.82) is 0 Å². The van der Waals surface area contributed by atoms with E-state index in [4.69, 9.17) is 34.8 Å². The van der Waals surface area contributed by atoms with Gasteiger partial charge in [-0.25, -0.2) is 0 Å². The summed E-state index contributed by atoms with van der Waals surface area (Å²) in [5.41, 5.74) is 2.39. The molecule has 5 nitrogen and oxygen atoms in total. The number of thioether (sulfide) groups is 1. The zero-order chi connectivity index (χ0) is 19.8. The second-order valence-electron chi connectivity index (χ2n) is 6.04. The Labute approximate surface area is 179 Å². The molecule has 0 bridgehead atoms. The summed E-state index contributed by atoms with van der Waals surface area (Å²) in [7, 11) is 0. The third-order valence-corrected chi connectivity index (χ3v) is 6.59. The van der Waals surface area contributed by atoms with E-state index in [2.05, 4.69) is 10.2 Å². The Morgan fingerprint density at radius 3 is 2.57 bits per heavy atom. The van der Waals surface area contributed by atoms with Gasteiger partial charge in [-0.1, -0.05) is 64.8 Å². The first-order chi connectivity index (χ1) is 13.5. The lowest BCUT2D eigenvalue weighted by molar-refractivity contribution is 0.890. The van der Waals surface area contributed by atoms with E-state index in [1.54, 1.807) is 35.0 Å². The fraction of sp³-hybridized carbons (Fsp3) is 0.105. The molecule has 4 aromatic rings. The van der Waals surface area contributed by atoms with Crippen LogP contribution in [0.3, 0.4) is 0 Å². The van der Waals surface area contributed by atoms with Gasteiger partial charge < -0.3 is 0 Å². The van der Waals surface area contributed by atoms with Crippen molar-refractivity contribution in [1.82, 2.24) is 19.2 Å². The minimum absolute atomic E-state index is 0.238. The maximum Gasteiger partial charge on any atom is 0.300 e. The molecule has 4 rings (SSSR count). The normalized spacial score (nSPS) is 11.3. The maximum atomic E-state index is 12.9. The molecule has 28 heavy (non-hydrogen) atoms. The van der Waals surface area contributed by atoms with Gasteiger partial charge in [0.05, 0.1) is 15.7 Å². The number of nitrogens with zero attached hydrogens (tertiary/aromatic N) is 4. The van der Waals surface area contributed by atoms with E-state index >= 15 is 0 Å². The molecule has 0 aliphatic rings. The van der Waals surface area contributed by atoms with Crippen LogP contribution < -0.4 is 5.56 Å². The van der Waals surface area contributed by atoms with Crippen molar-refractivity contribution in [2.24, 2.45) is 0 Å². The van der Waals surface area contributed by atoms with Crippen LogP contribution in [-0.2, 0) is 5.75 Å². The van der Waals surface area contributed by atoms with Crippen LogP contribution in [0.25, 0.3) is 11.3 Å². The lowest BCUT2D eigenvalue weighted by Crippen LogP contribution is -2.21. The first-order valence-corrected chi connectivity index (χ1v) is 10.4. The zero-order valence-electron chi connectivity index (χ0n) is 14.6. The van der Waals surface area contributed by atoms with Crippen molar-refractivity contribution in [3.05, 3.63) is 85.3 Å². The van der Waals surface area contributed by atoms with Crippen molar-refractivity contribution >= 4 is 52.2 Å². The average Bonchev–Trinajstić information content (AvgIpc) is 3.10. The molecule has 2 aromatic carbocycles. The Hall–Kier alpha value is -1.99. The van der Waals surface area contributed by atoms with Crippen molar-refractivity contribution in [3.8, 4) is 5.69 Å². The van der Waals surface area contributed by atoms with E-state index in [0.29, 0.717) is 31.7 Å². The molecule has 0 atom stereocenters. The summed E-state index contributed by atoms with van der Waals surface area (Å²) >= 11 is 19.9. The largest absolute Gasteiger partial charge is 0.300 e. The minimum atomic E-state index is -0.270. The molecule has 0 aliphatic heterocycles. The number of hydrogen-bond acceptors (Lipinski definition) is 4. The topological polar surface area (TPSA) is 52.2 Å². The summed E-state index contributed by atoms with van der Waals surface area (Å²) in [6.45, 7) is 1.87. The Balaban J connectivity index is 1.70. The number of halogens is 3. The van der Waals surface area contributed by atoms with Crippen LogP contribution in [0.2, 0.25) is 15.1 Å². The molecule has 142 valence electrons. The maximum absolute atomic E-state index is 12.9. The van der Waals surface area contributed by atoms with Crippen molar-refractivity contribution in [2.45, 2.75) is 17.8 Å². The van der Waals surface area contributed by atoms with Gasteiger partial charge in [0.2, 0.25) is 5.65 Å². The standard InChI is InChI=1S/C19H13Cl3N4OS/c1-11-13(20)5-3-7-15(11)25-8-9-26-17(18(25)27)23-24-19(26)28-10-12-4-2-6-14(21)16(12)22/h2-9H,10H2,1H3. The monoisotopic (exact) mass is 450 g/mol. The van der Waals surface area contributed by atoms with Crippen LogP contribution in [0.5, 0.6) is 0 Å². The molecule has 9 heteroatoms. The van der Waals surface area contributed by atoms with E-state index in [-0.39, 0.29) is 11.2 Å². The lowest BCUT2D eigenvalue weighted by atomic mass is 10.2. The molecular formula is C19H13Cl3N4OS. The SMILES string of the molecule is Cc1c(Cl)cccc1-n1ccn2c(SCc3cccc(Cl)c3Cl)nnc2c1=O. The van der Waals surface area contributed by atoms with Gasteiger partial charge >= 0.3 is 5.56 Å². The van der Waals surface area contributed by atoms with Crippen molar-refractivity contribution in [2.75, 3.05) is 0 Å². The Bertz CT molecular complexity index is 1250. The third kappa shape index (κ3) is 3.42. The summed E-state index contributed by atoms with van der Waals surface area (Å²) in [4.78, 5) is 12.9. The zero-order valence-corrected chi connectivity index (χ0v) is 17.6. The quantitative estimate of drug-likeness (QED) is 0.388. The van der Waals surface area contributed by atoms with Crippen LogP contribution in [-0.4, -0.2) is 19.2 Å². The molecular weight excluding hydrogens is 439 g/mol. The molecule has 0 spiro atoms. The molecule has 0 saturated carbocycles. The average molecular weight is 452 g/mol. The number of benzene rings is 2. The number of aromatic nitrogens is 4. The highest BCUT2D eigenvalue weighted by atomic mass is 35.5. The molecule has 0 unspecified atom stereocenters. The molecule has 0 N–H and O–H groups in total. The van der Waals surface area contributed by atoms with E-state index in [9.17, 15) is 4.79 Å². The highest BCUT2D eigenvalue weighted by molar-refractivity contribution is 7.98. The molecule has 2 aromatic heterocycles. The van der Waals surface area contributed by atoms with Gasteiger partial charge in [-0.15, -0.1) is 10.2 Å². The minimum Gasteiger partial charge on any atom is -0.279 e. The van der Waals surface area contributed by atoms with Gasteiger partial charge in [0.25, 0.3) is 0 Å². The summed E-state index contributed by atoms with van der Waals surface area (Å²) in [5, 5.41) is 10.5. The molecule has 0 saturated heterocycles. The second kappa shape index (κ2) is 7.79. The molecule has 0 aliphatic carbocycles. The number of rotatable bonds is 4. The van der Waals surface area contributed by atoms with Crippen molar-refractivity contribution < 1.29 is 0 Å². The van der Waals surface area contributed by atoms with E-state index < -0.39 is 0 Å². The van der Waals surface area contributed by atoms with Crippen molar-refractivity contribution in [3.63, 3.8) is 0 Å². The van der Waals surface area contributed by atoms with Crippen LogP contribution in [0.4, 0.5) is 0 Å². The molecule has 0 fully saturated rings.